The number of amides is 2. The van der Waals surface area contributed by atoms with E-state index in [1.807, 2.05) is 24.3 Å². The molecule has 2 rings (SSSR count). The van der Waals surface area contributed by atoms with E-state index >= 15 is 0 Å². The number of carbonyl (C=O) groups excluding carboxylic acids is 1. The van der Waals surface area contributed by atoms with Gasteiger partial charge >= 0.3 is 6.03 Å². The predicted octanol–water partition coefficient (Wildman–Crippen LogP) is 3.27. The van der Waals surface area contributed by atoms with Gasteiger partial charge in [0.1, 0.15) is 0 Å². The van der Waals surface area contributed by atoms with E-state index in [1.165, 1.54) is 0 Å². The first kappa shape index (κ1) is 21.0. The summed E-state index contributed by atoms with van der Waals surface area (Å²) in [5, 5.41) is 6.62. The van der Waals surface area contributed by atoms with Crippen molar-refractivity contribution in [2.75, 3.05) is 39.3 Å². The Morgan fingerprint density at radius 2 is 2.00 bits per heavy atom. The van der Waals surface area contributed by atoms with Crippen LogP contribution in [0.5, 0.6) is 0 Å². The second kappa shape index (κ2) is 9.58. The molecule has 1 atom stereocenters. The van der Waals surface area contributed by atoms with E-state index in [2.05, 4.69) is 43.2 Å². The highest BCUT2D eigenvalue weighted by Gasteiger charge is 2.23. The summed E-state index contributed by atoms with van der Waals surface area (Å²) < 4.78 is 5.77. The summed E-state index contributed by atoms with van der Waals surface area (Å²) in [5.74, 6) is 0.639. The highest BCUT2D eigenvalue weighted by Crippen LogP contribution is 2.23. The fraction of sp³-hybridized carbons (Fsp3) is 0.650. The summed E-state index contributed by atoms with van der Waals surface area (Å²) in [5.41, 5.74) is 0.972. The van der Waals surface area contributed by atoms with Gasteiger partial charge in [0.15, 0.2) is 0 Å². The van der Waals surface area contributed by atoms with Crippen molar-refractivity contribution in [2.24, 2.45) is 5.92 Å². The van der Waals surface area contributed by atoms with E-state index in [-0.39, 0.29) is 17.6 Å². The maximum absolute atomic E-state index is 12.2. The Kier molecular flexibility index (Phi) is 7.74. The molecule has 0 aliphatic carbocycles. The van der Waals surface area contributed by atoms with Gasteiger partial charge in [0.05, 0.1) is 12.7 Å². The summed E-state index contributed by atoms with van der Waals surface area (Å²) in [6.45, 7) is 13.4. The van der Waals surface area contributed by atoms with Gasteiger partial charge in [-0.05, 0) is 23.6 Å². The van der Waals surface area contributed by atoms with E-state index in [1.54, 1.807) is 0 Å². The molecule has 1 fully saturated rings. The Labute approximate surface area is 162 Å². The zero-order valence-electron chi connectivity index (χ0n) is 16.3. The Balaban J connectivity index is 1.73. The number of hydrogen-bond acceptors (Lipinski definition) is 3. The highest BCUT2D eigenvalue weighted by molar-refractivity contribution is 6.30. The normalized spacial score (nSPS) is 18.8. The molecule has 2 N–H and O–H groups in total. The zero-order chi connectivity index (χ0) is 19.2. The second-order valence-corrected chi connectivity index (χ2v) is 8.54. The van der Waals surface area contributed by atoms with Gasteiger partial charge in [-0.1, -0.05) is 51.4 Å². The third-order valence-corrected chi connectivity index (χ3v) is 4.91. The molecule has 6 heteroatoms. The Bertz CT molecular complexity index is 575. The van der Waals surface area contributed by atoms with E-state index in [0.29, 0.717) is 24.0 Å². The molecule has 0 aromatic heterocycles. The lowest BCUT2D eigenvalue weighted by molar-refractivity contribution is -0.0290. The van der Waals surface area contributed by atoms with E-state index in [4.69, 9.17) is 16.3 Å². The van der Waals surface area contributed by atoms with Gasteiger partial charge in [0.2, 0.25) is 0 Å². The van der Waals surface area contributed by atoms with Crippen LogP contribution in [-0.2, 0) is 10.2 Å². The molecule has 1 aromatic carbocycles. The SMILES string of the molecule is CC(C)CN1CCOC(CNC(=O)NCC(C)(C)c2ccc(Cl)cc2)C1. The standard InChI is InChI=1S/C20H32ClN3O2/c1-15(2)12-24-9-10-26-18(13-24)11-22-19(25)23-14-20(3,4)16-5-7-17(21)8-6-16/h5-8,15,18H,9-14H2,1-4H3,(H2,22,23,25). The molecule has 0 radical (unpaired) electrons. The van der Waals surface area contributed by atoms with Crippen molar-refractivity contribution in [3.05, 3.63) is 34.9 Å². The molecule has 1 aliphatic rings. The first-order chi connectivity index (χ1) is 12.3. The molecule has 1 aliphatic heterocycles. The molecule has 2 amide bonds. The Hall–Kier alpha value is -1.30. The van der Waals surface area contributed by atoms with Gasteiger partial charge in [-0.15, -0.1) is 0 Å². The smallest absolute Gasteiger partial charge is 0.314 e. The van der Waals surface area contributed by atoms with Crippen LogP contribution in [0.3, 0.4) is 0 Å². The molecule has 1 unspecified atom stereocenters. The summed E-state index contributed by atoms with van der Waals surface area (Å²) >= 11 is 5.95. The van der Waals surface area contributed by atoms with E-state index in [9.17, 15) is 4.79 Å². The van der Waals surface area contributed by atoms with Crippen LogP contribution >= 0.6 is 11.6 Å². The lowest BCUT2D eigenvalue weighted by atomic mass is 9.85. The molecule has 0 saturated carbocycles. The minimum atomic E-state index is -0.169. The minimum Gasteiger partial charge on any atom is -0.374 e. The predicted molar refractivity (Wildman–Crippen MR) is 107 cm³/mol. The van der Waals surface area contributed by atoms with Crippen LogP contribution in [0.4, 0.5) is 4.79 Å². The average molecular weight is 382 g/mol. The first-order valence-electron chi connectivity index (χ1n) is 9.38. The molecule has 1 saturated heterocycles. The topological polar surface area (TPSA) is 53.6 Å². The lowest BCUT2D eigenvalue weighted by Crippen LogP contribution is -2.50. The molecule has 146 valence electrons. The minimum absolute atomic E-state index is 0.0533. The number of urea groups is 1. The highest BCUT2D eigenvalue weighted by atomic mass is 35.5. The van der Waals surface area contributed by atoms with Crippen LogP contribution in [-0.4, -0.2) is 56.4 Å². The van der Waals surface area contributed by atoms with Crippen molar-refractivity contribution in [1.82, 2.24) is 15.5 Å². The van der Waals surface area contributed by atoms with Crippen molar-refractivity contribution < 1.29 is 9.53 Å². The average Bonchev–Trinajstić information content (AvgIpc) is 2.58. The van der Waals surface area contributed by atoms with Crippen molar-refractivity contribution in [3.8, 4) is 0 Å². The van der Waals surface area contributed by atoms with Gasteiger partial charge in [-0.2, -0.15) is 0 Å². The van der Waals surface area contributed by atoms with E-state index < -0.39 is 0 Å². The Morgan fingerprint density at radius 1 is 1.31 bits per heavy atom. The van der Waals surface area contributed by atoms with Crippen LogP contribution in [0.2, 0.25) is 5.02 Å². The number of rotatable bonds is 7. The van der Waals surface area contributed by atoms with Gasteiger partial charge in [-0.3, -0.25) is 4.90 Å². The molecular formula is C20H32ClN3O2. The number of nitrogens with one attached hydrogen (secondary N) is 2. The molecule has 1 heterocycles. The number of morpholine rings is 1. The number of carbonyl (C=O) groups is 1. The molecule has 5 nitrogen and oxygen atoms in total. The third kappa shape index (κ3) is 6.78. The van der Waals surface area contributed by atoms with Gasteiger partial charge in [-0.25, -0.2) is 4.79 Å². The van der Waals surface area contributed by atoms with Gasteiger partial charge < -0.3 is 15.4 Å². The van der Waals surface area contributed by atoms with Crippen LogP contribution in [0.1, 0.15) is 33.3 Å². The number of halogens is 1. The number of ether oxygens (including phenoxy) is 1. The molecule has 26 heavy (non-hydrogen) atoms. The lowest BCUT2D eigenvalue weighted by Gasteiger charge is -2.34. The van der Waals surface area contributed by atoms with Crippen molar-refractivity contribution in [3.63, 3.8) is 0 Å². The number of benzene rings is 1. The monoisotopic (exact) mass is 381 g/mol. The molecule has 1 aromatic rings. The van der Waals surface area contributed by atoms with Gasteiger partial charge in [0.25, 0.3) is 0 Å². The third-order valence-electron chi connectivity index (χ3n) is 4.65. The summed E-state index contributed by atoms with van der Waals surface area (Å²) in [7, 11) is 0. The van der Waals surface area contributed by atoms with Crippen LogP contribution in [0.15, 0.2) is 24.3 Å². The molecule has 0 bridgehead atoms. The Morgan fingerprint density at radius 3 is 2.65 bits per heavy atom. The number of hydrogen-bond donors (Lipinski definition) is 2. The van der Waals surface area contributed by atoms with Crippen molar-refractivity contribution in [2.45, 2.75) is 39.2 Å². The zero-order valence-corrected chi connectivity index (χ0v) is 17.1. The van der Waals surface area contributed by atoms with E-state index in [0.717, 1.165) is 31.8 Å². The summed E-state index contributed by atoms with van der Waals surface area (Å²) in [6.07, 6.45) is 0.0533. The fourth-order valence-corrected chi connectivity index (χ4v) is 3.29. The van der Waals surface area contributed by atoms with Crippen LogP contribution in [0, 0.1) is 5.92 Å². The maximum atomic E-state index is 12.2. The van der Waals surface area contributed by atoms with Crippen molar-refractivity contribution in [1.29, 1.82) is 0 Å². The largest absolute Gasteiger partial charge is 0.374 e. The summed E-state index contributed by atoms with van der Waals surface area (Å²) in [6, 6.07) is 7.60. The maximum Gasteiger partial charge on any atom is 0.314 e. The van der Waals surface area contributed by atoms with Crippen molar-refractivity contribution >= 4 is 17.6 Å². The van der Waals surface area contributed by atoms with Crippen LogP contribution in [0.25, 0.3) is 0 Å². The molecule has 0 spiro atoms. The fourth-order valence-electron chi connectivity index (χ4n) is 3.16. The van der Waals surface area contributed by atoms with Crippen LogP contribution < -0.4 is 10.6 Å². The number of nitrogens with zero attached hydrogens (tertiary/aromatic N) is 1. The summed E-state index contributed by atoms with van der Waals surface area (Å²) in [4.78, 5) is 14.6. The first-order valence-corrected chi connectivity index (χ1v) is 9.76. The van der Waals surface area contributed by atoms with Gasteiger partial charge in [0, 0.05) is 43.2 Å². The quantitative estimate of drug-likeness (QED) is 0.762. The molecular weight excluding hydrogens is 350 g/mol. The second-order valence-electron chi connectivity index (χ2n) is 8.10.